The van der Waals surface area contributed by atoms with Gasteiger partial charge in [0.05, 0.1) is 17.1 Å². The smallest absolute Gasteiger partial charge is 0.275 e. The van der Waals surface area contributed by atoms with Gasteiger partial charge >= 0.3 is 0 Å². The first-order chi connectivity index (χ1) is 14.6. The summed E-state index contributed by atoms with van der Waals surface area (Å²) in [6.45, 7) is 0.849. The van der Waals surface area contributed by atoms with Crippen molar-refractivity contribution in [2.45, 2.75) is 0 Å². The summed E-state index contributed by atoms with van der Waals surface area (Å²) in [6.07, 6.45) is 1.32. The van der Waals surface area contributed by atoms with Gasteiger partial charge in [0, 0.05) is 5.56 Å². The minimum absolute atomic E-state index is 0.111. The molecule has 0 fully saturated rings. The third-order valence-electron chi connectivity index (χ3n) is 4.72. The number of hydrogen-bond acceptors (Lipinski definition) is 6. The molecule has 10 heteroatoms. The molecule has 0 atom stereocenters. The molecule has 150 valence electrons. The molecule has 0 aliphatic carbocycles. The summed E-state index contributed by atoms with van der Waals surface area (Å²) in [5.74, 6) is -0.130. The zero-order chi connectivity index (χ0) is 20.7. The summed E-state index contributed by atoms with van der Waals surface area (Å²) in [5, 5.41) is 4.64. The molecule has 1 aliphatic heterocycles. The SMILES string of the molecule is O=C(NNC(=O)c1cnn2c1[nH]c(=O)c1ccccc12)c1ccc2c(c1)OCCO2. The lowest BCUT2D eigenvalue weighted by atomic mass is 10.2. The van der Waals surface area contributed by atoms with Crippen molar-refractivity contribution in [1.82, 2.24) is 25.4 Å². The Kier molecular flexibility index (Phi) is 4.09. The van der Waals surface area contributed by atoms with Crippen LogP contribution in [-0.4, -0.2) is 39.6 Å². The molecular formula is C20H15N5O5. The average molecular weight is 405 g/mol. The van der Waals surface area contributed by atoms with Gasteiger partial charge in [-0.05, 0) is 30.3 Å². The van der Waals surface area contributed by atoms with Crippen LogP contribution in [0.15, 0.2) is 53.5 Å². The number of carbonyl (C=O) groups is 2. The number of amides is 2. The first kappa shape index (κ1) is 17.7. The van der Waals surface area contributed by atoms with Gasteiger partial charge in [-0.25, -0.2) is 4.52 Å². The Bertz CT molecular complexity index is 1370. The normalized spacial score (nSPS) is 12.7. The number of ether oxygens (including phenoxy) is 2. The number of H-pyrrole nitrogens is 1. The number of nitrogens with zero attached hydrogens (tertiary/aromatic N) is 2. The Morgan fingerprint density at radius 1 is 1.00 bits per heavy atom. The van der Waals surface area contributed by atoms with Gasteiger partial charge in [0.15, 0.2) is 11.5 Å². The van der Waals surface area contributed by atoms with Gasteiger partial charge in [0.2, 0.25) is 0 Å². The molecule has 0 radical (unpaired) electrons. The van der Waals surface area contributed by atoms with E-state index in [4.69, 9.17) is 9.47 Å². The minimum atomic E-state index is -0.623. The quantitative estimate of drug-likeness (QED) is 0.428. The molecular weight excluding hydrogens is 390 g/mol. The highest BCUT2D eigenvalue weighted by Gasteiger charge is 2.18. The second-order valence-electron chi connectivity index (χ2n) is 6.56. The van der Waals surface area contributed by atoms with Crippen molar-refractivity contribution in [2.24, 2.45) is 0 Å². The fraction of sp³-hybridized carbons (Fsp3) is 0.100. The van der Waals surface area contributed by atoms with Gasteiger partial charge in [0.1, 0.15) is 24.4 Å². The van der Waals surface area contributed by atoms with E-state index in [9.17, 15) is 14.4 Å². The molecule has 0 unspecified atom stereocenters. The summed E-state index contributed by atoms with van der Waals surface area (Å²) >= 11 is 0. The predicted molar refractivity (Wildman–Crippen MR) is 106 cm³/mol. The van der Waals surface area contributed by atoms with E-state index >= 15 is 0 Å². The first-order valence-electron chi connectivity index (χ1n) is 9.11. The van der Waals surface area contributed by atoms with Crippen molar-refractivity contribution >= 4 is 28.4 Å². The third kappa shape index (κ3) is 2.91. The molecule has 5 rings (SSSR count). The summed E-state index contributed by atoms with van der Waals surface area (Å²) in [4.78, 5) is 40.0. The number of rotatable bonds is 2. The zero-order valence-corrected chi connectivity index (χ0v) is 15.5. The lowest BCUT2D eigenvalue weighted by Gasteiger charge is -2.18. The molecule has 3 heterocycles. The van der Waals surface area contributed by atoms with Crippen molar-refractivity contribution in [3.05, 3.63) is 70.1 Å². The maximum absolute atomic E-state index is 12.6. The van der Waals surface area contributed by atoms with Crippen LogP contribution in [0.4, 0.5) is 0 Å². The summed E-state index contributed by atoms with van der Waals surface area (Å²) in [7, 11) is 0. The molecule has 2 aromatic heterocycles. The topological polar surface area (TPSA) is 127 Å². The maximum Gasteiger partial charge on any atom is 0.275 e. The van der Waals surface area contributed by atoms with E-state index in [1.165, 1.54) is 16.8 Å². The second-order valence-corrected chi connectivity index (χ2v) is 6.56. The van der Waals surface area contributed by atoms with E-state index in [-0.39, 0.29) is 16.8 Å². The molecule has 4 aromatic rings. The van der Waals surface area contributed by atoms with Crippen LogP contribution in [0.25, 0.3) is 16.6 Å². The van der Waals surface area contributed by atoms with E-state index in [0.717, 1.165) is 0 Å². The van der Waals surface area contributed by atoms with Crippen LogP contribution in [0, 0.1) is 0 Å². The van der Waals surface area contributed by atoms with Crippen molar-refractivity contribution in [1.29, 1.82) is 0 Å². The monoisotopic (exact) mass is 405 g/mol. The number of nitrogens with one attached hydrogen (secondary N) is 3. The Balaban J connectivity index is 1.37. The highest BCUT2D eigenvalue weighted by atomic mass is 16.6. The average Bonchev–Trinajstić information content (AvgIpc) is 3.21. The summed E-state index contributed by atoms with van der Waals surface area (Å²) < 4.78 is 12.3. The van der Waals surface area contributed by atoms with Crippen molar-refractivity contribution in [3.8, 4) is 11.5 Å². The van der Waals surface area contributed by atoms with Crippen LogP contribution in [-0.2, 0) is 0 Å². The zero-order valence-electron chi connectivity index (χ0n) is 15.5. The molecule has 0 spiro atoms. The Labute approximate surface area is 168 Å². The number of benzene rings is 2. The van der Waals surface area contributed by atoms with E-state index in [2.05, 4.69) is 20.9 Å². The minimum Gasteiger partial charge on any atom is -0.486 e. The highest BCUT2D eigenvalue weighted by molar-refractivity contribution is 6.03. The number of aromatic amines is 1. The molecule has 0 saturated heterocycles. The van der Waals surface area contributed by atoms with Crippen LogP contribution in [0.1, 0.15) is 20.7 Å². The molecule has 2 aromatic carbocycles. The standard InChI is InChI=1S/C20H15N5O5/c26-18(11-5-6-15-16(9-11)30-8-7-29-15)23-24-20(28)13-10-21-25-14-4-2-1-3-12(14)19(27)22-17(13)25/h1-6,9-10H,7-8H2,(H,22,27)(H,23,26)(H,24,28). The molecule has 30 heavy (non-hydrogen) atoms. The number of fused-ring (bicyclic) bond motifs is 4. The summed E-state index contributed by atoms with van der Waals surface area (Å²) in [6, 6.07) is 11.7. The van der Waals surface area contributed by atoms with Crippen molar-refractivity contribution in [2.75, 3.05) is 13.2 Å². The molecule has 3 N–H and O–H groups in total. The lowest BCUT2D eigenvalue weighted by molar-refractivity contribution is 0.0847. The van der Waals surface area contributed by atoms with E-state index in [0.29, 0.717) is 41.2 Å². The largest absolute Gasteiger partial charge is 0.486 e. The van der Waals surface area contributed by atoms with Crippen LogP contribution in [0.2, 0.25) is 0 Å². The van der Waals surface area contributed by atoms with Gasteiger partial charge in [-0.15, -0.1) is 0 Å². The summed E-state index contributed by atoms with van der Waals surface area (Å²) in [5.41, 5.74) is 5.54. The van der Waals surface area contributed by atoms with Gasteiger partial charge in [0.25, 0.3) is 17.4 Å². The third-order valence-corrected chi connectivity index (χ3v) is 4.72. The molecule has 0 bridgehead atoms. The first-order valence-corrected chi connectivity index (χ1v) is 9.11. The predicted octanol–water partition coefficient (Wildman–Crippen LogP) is 1.02. The van der Waals surface area contributed by atoms with Gasteiger partial charge < -0.3 is 14.5 Å². The fourth-order valence-electron chi connectivity index (χ4n) is 3.28. The second kappa shape index (κ2) is 6.92. The molecule has 2 amide bonds. The van der Waals surface area contributed by atoms with E-state index in [1.807, 2.05) is 0 Å². The molecule has 10 nitrogen and oxygen atoms in total. The van der Waals surface area contributed by atoms with Crippen LogP contribution >= 0.6 is 0 Å². The van der Waals surface area contributed by atoms with E-state index < -0.39 is 11.8 Å². The molecule has 0 saturated carbocycles. The van der Waals surface area contributed by atoms with Gasteiger partial charge in [-0.2, -0.15) is 5.10 Å². The van der Waals surface area contributed by atoms with Crippen LogP contribution < -0.4 is 25.9 Å². The number of hydrogen-bond donors (Lipinski definition) is 3. The van der Waals surface area contributed by atoms with Crippen molar-refractivity contribution < 1.29 is 19.1 Å². The Morgan fingerprint density at radius 2 is 1.77 bits per heavy atom. The lowest BCUT2D eigenvalue weighted by Crippen LogP contribution is -2.41. The van der Waals surface area contributed by atoms with Gasteiger partial charge in [-0.3, -0.25) is 25.2 Å². The van der Waals surface area contributed by atoms with Crippen LogP contribution in [0.5, 0.6) is 11.5 Å². The number of hydrazine groups is 1. The number of aromatic nitrogens is 3. The Morgan fingerprint density at radius 3 is 2.63 bits per heavy atom. The Hall–Kier alpha value is -4.34. The van der Waals surface area contributed by atoms with Crippen molar-refractivity contribution in [3.63, 3.8) is 0 Å². The maximum atomic E-state index is 12.6. The van der Waals surface area contributed by atoms with Gasteiger partial charge in [-0.1, -0.05) is 12.1 Å². The van der Waals surface area contributed by atoms with Crippen LogP contribution in [0.3, 0.4) is 0 Å². The highest BCUT2D eigenvalue weighted by Crippen LogP contribution is 2.30. The number of carbonyl (C=O) groups excluding carboxylic acids is 2. The van der Waals surface area contributed by atoms with E-state index in [1.54, 1.807) is 36.4 Å². The fourth-order valence-corrected chi connectivity index (χ4v) is 3.28. The number of para-hydroxylation sites is 1. The molecule has 1 aliphatic rings.